The average molecular weight is 231 g/mol. The van der Waals surface area contributed by atoms with Crippen LogP contribution in [0.25, 0.3) is 0 Å². The van der Waals surface area contributed by atoms with Crippen LogP contribution < -0.4 is 5.73 Å². The first-order chi connectivity index (χ1) is 8.04. The predicted molar refractivity (Wildman–Crippen MR) is 63.4 cm³/mol. The van der Waals surface area contributed by atoms with Crippen molar-refractivity contribution in [2.75, 3.05) is 0 Å². The van der Waals surface area contributed by atoms with Gasteiger partial charge in [-0.05, 0) is 18.2 Å². The van der Waals surface area contributed by atoms with E-state index in [-0.39, 0.29) is 23.5 Å². The number of carbonyl (C=O) groups is 2. The molecule has 0 aliphatic rings. The third-order valence-electron chi connectivity index (χ3n) is 2.11. The van der Waals surface area contributed by atoms with E-state index in [0.29, 0.717) is 12.0 Å². The van der Waals surface area contributed by atoms with E-state index in [1.54, 1.807) is 13.0 Å². The first-order valence-electron chi connectivity index (χ1n) is 5.18. The third kappa shape index (κ3) is 3.65. The number of aromatic hydroxyl groups is 1. The number of primary amides is 1. The van der Waals surface area contributed by atoms with Gasteiger partial charge < -0.3 is 10.8 Å². The van der Waals surface area contributed by atoms with Gasteiger partial charge in [-0.2, -0.15) is 0 Å². The molecule has 17 heavy (non-hydrogen) atoms. The van der Waals surface area contributed by atoms with Gasteiger partial charge in [0, 0.05) is 12.0 Å². The largest absolute Gasteiger partial charge is 0.507 e. The fourth-order valence-electron chi connectivity index (χ4n) is 1.26. The Hall–Kier alpha value is -2.28. The zero-order chi connectivity index (χ0) is 12.8. The summed E-state index contributed by atoms with van der Waals surface area (Å²) in [6, 6.07) is 4.50. The number of benzene rings is 1. The Kier molecular flexibility index (Phi) is 4.29. The van der Waals surface area contributed by atoms with Gasteiger partial charge in [-0.25, -0.2) is 0 Å². The fraction of sp³-hybridized carbons (Fsp3) is 0.231. The van der Waals surface area contributed by atoms with Crippen molar-refractivity contribution < 1.29 is 14.7 Å². The van der Waals surface area contributed by atoms with Crippen LogP contribution in [0.2, 0.25) is 0 Å². The molecule has 88 valence electrons. The van der Waals surface area contributed by atoms with Gasteiger partial charge in [0.15, 0.2) is 5.78 Å². The predicted octanol–water partition coefficient (Wildman–Crippen LogP) is 1.21. The van der Waals surface area contributed by atoms with Gasteiger partial charge in [0.1, 0.15) is 5.75 Å². The molecule has 0 unspecified atom stereocenters. The summed E-state index contributed by atoms with van der Waals surface area (Å²) in [5.74, 6) is 4.59. The van der Waals surface area contributed by atoms with Crippen LogP contribution in [0, 0.1) is 11.8 Å². The van der Waals surface area contributed by atoms with Gasteiger partial charge in [-0.1, -0.05) is 18.8 Å². The first kappa shape index (κ1) is 12.8. The first-order valence-corrected chi connectivity index (χ1v) is 5.18. The smallest absolute Gasteiger partial charge is 0.229 e. The molecule has 1 rings (SSSR count). The molecule has 0 aliphatic heterocycles. The molecule has 0 fully saturated rings. The number of Topliss-reactive ketones (excluding diaryl/α,β-unsaturated/α-hetero) is 1. The van der Waals surface area contributed by atoms with Crippen molar-refractivity contribution in [3.63, 3.8) is 0 Å². The van der Waals surface area contributed by atoms with Gasteiger partial charge in [0.25, 0.3) is 0 Å². The summed E-state index contributed by atoms with van der Waals surface area (Å²) in [6.07, 6.45) is 0.281. The van der Waals surface area contributed by atoms with Crippen LogP contribution in [0.5, 0.6) is 5.75 Å². The normalized spacial score (nSPS) is 9.24. The van der Waals surface area contributed by atoms with Gasteiger partial charge in [0.2, 0.25) is 5.91 Å². The van der Waals surface area contributed by atoms with Crippen molar-refractivity contribution in [1.29, 1.82) is 0 Å². The highest BCUT2D eigenvalue weighted by atomic mass is 16.3. The van der Waals surface area contributed by atoms with Crippen molar-refractivity contribution in [3.8, 4) is 17.6 Å². The van der Waals surface area contributed by atoms with Crippen molar-refractivity contribution in [2.24, 2.45) is 5.73 Å². The number of rotatable bonds is 3. The fourth-order valence-corrected chi connectivity index (χ4v) is 1.26. The van der Waals surface area contributed by atoms with Crippen molar-refractivity contribution in [1.82, 2.24) is 0 Å². The number of hydrogen-bond donors (Lipinski definition) is 2. The minimum Gasteiger partial charge on any atom is -0.507 e. The van der Waals surface area contributed by atoms with Crippen LogP contribution in [0.15, 0.2) is 18.2 Å². The molecule has 1 aromatic rings. The van der Waals surface area contributed by atoms with Crippen molar-refractivity contribution >= 4 is 11.7 Å². The Labute approximate surface area is 99.4 Å². The molecule has 4 heteroatoms. The number of ketones is 1. The molecule has 3 N–H and O–H groups in total. The van der Waals surface area contributed by atoms with Crippen molar-refractivity contribution in [2.45, 2.75) is 19.8 Å². The number of hydrogen-bond acceptors (Lipinski definition) is 3. The highest BCUT2D eigenvalue weighted by molar-refractivity contribution is 5.98. The van der Waals surface area contributed by atoms with E-state index in [1.807, 2.05) is 0 Å². The Bertz CT molecular complexity index is 509. The molecular weight excluding hydrogens is 218 g/mol. The summed E-state index contributed by atoms with van der Waals surface area (Å²) in [4.78, 5) is 22.0. The second kappa shape index (κ2) is 5.71. The van der Waals surface area contributed by atoms with E-state index in [2.05, 4.69) is 11.8 Å². The minimum absolute atomic E-state index is 0.0298. The summed E-state index contributed by atoms with van der Waals surface area (Å²) in [6.45, 7) is 1.72. The maximum atomic E-state index is 11.5. The standard InChI is InChI=1S/C13H13NO3/c1-2-11(15)10-8-9(6-7-12(10)16)4-3-5-13(14)17/h6-8,16H,2,5H2,1H3,(H2,14,17). The molecule has 4 nitrogen and oxygen atoms in total. The number of phenolic OH excluding ortho intramolecular Hbond substituents is 1. The van der Waals surface area contributed by atoms with E-state index in [1.165, 1.54) is 12.1 Å². The summed E-state index contributed by atoms with van der Waals surface area (Å²) in [5.41, 5.74) is 5.76. The molecule has 0 bridgehead atoms. The van der Waals surface area contributed by atoms with Crippen LogP contribution in [-0.2, 0) is 4.79 Å². The highest BCUT2D eigenvalue weighted by Gasteiger charge is 2.08. The Morgan fingerprint density at radius 2 is 2.12 bits per heavy atom. The molecule has 0 aromatic heterocycles. The van der Waals surface area contributed by atoms with E-state index in [0.717, 1.165) is 0 Å². The van der Waals surface area contributed by atoms with E-state index >= 15 is 0 Å². The molecule has 1 amide bonds. The van der Waals surface area contributed by atoms with E-state index in [9.17, 15) is 14.7 Å². The van der Waals surface area contributed by atoms with Crippen LogP contribution in [0.1, 0.15) is 35.7 Å². The lowest BCUT2D eigenvalue weighted by atomic mass is 10.0. The summed E-state index contributed by atoms with van der Waals surface area (Å²) >= 11 is 0. The maximum absolute atomic E-state index is 11.5. The van der Waals surface area contributed by atoms with Crippen LogP contribution in [0.4, 0.5) is 0 Å². The lowest BCUT2D eigenvalue weighted by Gasteiger charge is -2.02. The third-order valence-corrected chi connectivity index (χ3v) is 2.11. The van der Waals surface area contributed by atoms with Gasteiger partial charge in [-0.3, -0.25) is 9.59 Å². The zero-order valence-electron chi connectivity index (χ0n) is 9.49. The maximum Gasteiger partial charge on any atom is 0.229 e. The second-order valence-corrected chi connectivity index (χ2v) is 3.45. The van der Waals surface area contributed by atoms with Crippen molar-refractivity contribution in [3.05, 3.63) is 29.3 Å². The summed E-state index contributed by atoms with van der Waals surface area (Å²) in [7, 11) is 0. The molecule has 0 saturated heterocycles. The molecule has 0 radical (unpaired) electrons. The Morgan fingerprint density at radius 3 is 2.71 bits per heavy atom. The van der Waals surface area contributed by atoms with Crippen LogP contribution >= 0.6 is 0 Å². The Balaban J connectivity index is 2.99. The van der Waals surface area contributed by atoms with E-state index in [4.69, 9.17) is 5.73 Å². The minimum atomic E-state index is -0.499. The molecule has 0 spiro atoms. The highest BCUT2D eigenvalue weighted by Crippen LogP contribution is 2.19. The molecule has 0 aliphatic carbocycles. The van der Waals surface area contributed by atoms with Crippen LogP contribution in [-0.4, -0.2) is 16.8 Å². The summed E-state index contributed by atoms with van der Waals surface area (Å²) < 4.78 is 0. The summed E-state index contributed by atoms with van der Waals surface area (Å²) in [5, 5.41) is 9.51. The van der Waals surface area contributed by atoms with Gasteiger partial charge >= 0.3 is 0 Å². The van der Waals surface area contributed by atoms with Crippen LogP contribution in [0.3, 0.4) is 0 Å². The second-order valence-electron chi connectivity index (χ2n) is 3.45. The zero-order valence-corrected chi connectivity index (χ0v) is 9.49. The average Bonchev–Trinajstić information content (AvgIpc) is 2.30. The Morgan fingerprint density at radius 1 is 1.41 bits per heavy atom. The van der Waals surface area contributed by atoms with Gasteiger partial charge in [-0.15, -0.1) is 0 Å². The topological polar surface area (TPSA) is 80.4 Å². The lowest BCUT2D eigenvalue weighted by molar-refractivity contribution is -0.117. The molecule has 0 atom stereocenters. The molecule has 0 saturated carbocycles. The number of nitrogens with two attached hydrogens (primary N) is 1. The quantitative estimate of drug-likeness (QED) is 0.606. The molecule has 0 heterocycles. The number of amides is 1. The van der Waals surface area contributed by atoms with E-state index < -0.39 is 5.91 Å². The van der Waals surface area contributed by atoms with Gasteiger partial charge in [0.05, 0.1) is 12.0 Å². The molecular formula is C13H13NO3. The molecule has 1 aromatic carbocycles. The number of phenols is 1. The monoisotopic (exact) mass is 231 g/mol. The number of carbonyl (C=O) groups excluding carboxylic acids is 2. The lowest BCUT2D eigenvalue weighted by Crippen LogP contribution is -2.08. The SMILES string of the molecule is CCC(=O)c1cc(C#CCC(N)=O)ccc1O.